The molecule has 0 atom stereocenters. The van der Waals surface area contributed by atoms with E-state index in [0.29, 0.717) is 18.7 Å². The monoisotopic (exact) mass is 263 g/mol. The zero-order chi connectivity index (χ0) is 13.7. The zero-order valence-electron chi connectivity index (χ0n) is 10.3. The van der Waals surface area contributed by atoms with E-state index < -0.39 is 11.8 Å². The van der Waals surface area contributed by atoms with Crippen LogP contribution in [0.5, 0.6) is 0 Å². The van der Waals surface area contributed by atoms with Gasteiger partial charge in [-0.3, -0.25) is 0 Å². The van der Waals surface area contributed by atoms with Crippen LogP contribution >= 0.6 is 0 Å². The Morgan fingerprint density at radius 3 is 2.95 bits per heavy atom. The molecule has 2 N–H and O–H groups in total. The van der Waals surface area contributed by atoms with E-state index in [0.717, 1.165) is 0 Å². The van der Waals surface area contributed by atoms with Gasteiger partial charge < -0.3 is 15.0 Å². The smallest absolute Gasteiger partial charge is 0.358 e. The van der Waals surface area contributed by atoms with E-state index in [1.54, 1.807) is 29.0 Å². The highest BCUT2D eigenvalue weighted by atomic mass is 19.1. The van der Waals surface area contributed by atoms with Crippen LogP contribution in [0.25, 0.3) is 0 Å². The van der Waals surface area contributed by atoms with Crippen LogP contribution in [0, 0.1) is 5.82 Å². The summed E-state index contributed by atoms with van der Waals surface area (Å²) in [7, 11) is 0. The van der Waals surface area contributed by atoms with Crippen molar-refractivity contribution in [2.45, 2.75) is 13.2 Å². The number of hydrogen-bond donors (Lipinski definition) is 1. The number of nitrogens with two attached hydrogens (primary N) is 1. The average molecular weight is 263 g/mol. The second-order valence-corrected chi connectivity index (χ2v) is 3.95. The number of nitrogens with zero attached hydrogens (tertiary/aromatic N) is 2. The Hall–Kier alpha value is -2.21. The summed E-state index contributed by atoms with van der Waals surface area (Å²) in [6.07, 6.45) is 3.06. The summed E-state index contributed by atoms with van der Waals surface area (Å²) >= 11 is 0. The maximum atomic E-state index is 13.3. The van der Waals surface area contributed by atoms with Crippen LogP contribution in [0.4, 0.5) is 4.39 Å². The number of carbonyl (C=O) groups is 1. The molecule has 0 aliphatic rings. The molecule has 1 aromatic carbocycles. The van der Waals surface area contributed by atoms with E-state index >= 15 is 0 Å². The normalized spacial score (nSPS) is 10.4. The van der Waals surface area contributed by atoms with Gasteiger partial charge in [0.1, 0.15) is 12.4 Å². The number of imidazole rings is 1. The van der Waals surface area contributed by atoms with Crippen molar-refractivity contribution >= 4 is 5.97 Å². The van der Waals surface area contributed by atoms with Gasteiger partial charge in [0.2, 0.25) is 0 Å². The quantitative estimate of drug-likeness (QED) is 0.826. The maximum absolute atomic E-state index is 13.3. The molecule has 0 spiro atoms. The minimum Gasteiger partial charge on any atom is -0.456 e. The number of hydrogen-bond acceptors (Lipinski definition) is 4. The highest BCUT2D eigenvalue weighted by Gasteiger charge is 2.12. The third-order valence-electron chi connectivity index (χ3n) is 2.55. The number of rotatable bonds is 5. The zero-order valence-corrected chi connectivity index (χ0v) is 10.3. The number of ether oxygens (including phenoxy) is 1. The third-order valence-corrected chi connectivity index (χ3v) is 2.55. The SMILES string of the molecule is NCCn1cnc(C(=O)OCc2ccccc2F)c1. The molecule has 0 amide bonds. The first kappa shape index (κ1) is 13.2. The van der Waals surface area contributed by atoms with Crippen LogP contribution in [0.1, 0.15) is 16.1 Å². The van der Waals surface area contributed by atoms with Crippen molar-refractivity contribution in [2.24, 2.45) is 5.73 Å². The Kier molecular flexibility index (Phi) is 4.25. The van der Waals surface area contributed by atoms with Crippen LogP contribution in [-0.2, 0) is 17.9 Å². The Balaban J connectivity index is 1.95. The lowest BCUT2D eigenvalue weighted by atomic mass is 10.2. The Morgan fingerprint density at radius 1 is 1.42 bits per heavy atom. The third kappa shape index (κ3) is 3.38. The molecule has 0 fully saturated rings. The van der Waals surface area contributed by atoms with Crippen LogP contribution in [-0.4, -0.2) is 22.1 Å². The molecule has 0 bridgehead atoms. The number of halogens is 1. The number of aromatic nitrogens is 2. The molecule has 1 aromatic heterocycles. The summed E-state index contributed by atoms with van der Waals surface area (Å²) in [5.74, 6) is -0.983. The Bertz CT molecular complexity index is 569. The fraction of sp³-hybridized carbons (Fsp3) is 0.231. The van der Waals surface area contributed by atoms with Gasteiger partial charge in [0, 0.05) is 24.8 Å². The van der Waals surface area contributed by atoms with Crippen LogP contribution in [0.3, 0.4) is 0 Å². The van der Waals surface area contributed by atoms with Gasteiger partial charge in [-0.2, -0.15) is 0 Å². The van der Waals surface area contributed by atoms with Crippen molar-refractivity contribution < 1.29 is 13.9 Å². The molecule has 2 rings (SSSR count). The molecule has 0 radical (unpaired) electrons. The predicted octanol–water partition coefficient (Wildman–Crippen LogP) is 1.34. The van der Waals surface area contributed by atoms with Crippen molar-refractivity contribution in [2.75, 3.05) is 6.54 Å². The molecule has 19 heavy (non-hydrogen) atoms. The largest absolute Gasteiger partial charge is 0.456 e. The van der Waals surface area contributed by atoms with Gasteiger partial charge in [-0.1, -0.05) is 18.2 Å². The van der Waals surface area contributed by atoms with E-state index in [2.05, 4.69) is 4.98 Å². The molecule has 0 saturated heterocycles. The average Bonchev–Trinajstić information content (AvgIpc) is 2.87. The standard InChI is InChI=1S/C13H14FN3O2/c14-11-4-2-1-3-10(11)8-19-13(18)12-7-17(6-5-15)9-16-12/h1-4,7,9H,5-6,8,15H2. The highest BCUT2D eigenvalue weighted by molar-refractivity contribution is 5.86. The topological polar surface area (TPSA) is 70.1 Å². The van der Waals surface area contributed by atoms with Crippen molar-refractivity contribution in [1.29, 1.82) is 0 Å². The first-order valence-corrected chi connectivity index (χ1v) is 5.83. The summed E-state index contributed by atoms with van der Waals surface area (Å²) in [5.41, 5.74) is 5.91. The number of benzene rings is 1. The van der Waals surface area contributed by atoms with Gasteiger partial charge in [-0.05, 0) is 6.07 Å². The fourth-order valence-corrected chi connectivity index (χ4v) is 1.57. The summed E-state index contributed by atoms with van der Waals surface area (Å²) in [4.78, 5) is 15.6. The van der Waals surface area contributed by atoms with Gasteiger partial charge in [-0.15, -0.1) is 0 Å². The van der Waals surface area contributed by atoms with Gasteiger partial charge in [0.15, 0.2) is 5.69 Å². The minimum absolute atomic E-state index is 0.116. The van der Waals surface area contributed by atoms with Crippen molar-refractivity contribution in [3.63, 3.8) is 0 Å². The molecule has 6 heteroatoms. The van der Waals surface area contributed by atoms with Crippen molar-refractivity contribution in [3.8, 4) is 0 Å². The minimum atomic E-state index is -0.584. The van der Waals surface area contributed by atoms with Crippen LogP contribution in [0.15, 0.2) is 36.8 Å². The fourth-order valence-electron chi connectivity index (χ4n) is 1.57. The molecule has 0 aliphatic heterocycles. The Labute approximate surface area is 109 Å². The van der Waals surface area contributed by atoms with E-state index in [-0.39, 0.29) is 12.3 Å². The summed E-state index contributed by atoms with van der Waals surface area (Å²) in [6.45, 7) is 0.920. The lowest BCUT2D eigenvalue weighted by Gasteiger charge is -2.04. The van der Waals surface area contributed by atoms with Crippen molar-refractivity contribution in [3.05, 3.63) is 53.9 Å². The van der Waals surface area contributed by atoms with E-state index in [9.17, 15) is 9.18 Å². The first-order valence-electron chi connectivity index (χ1n) is 5.83. The van der Waals surface area contributed by atoms with Gasteiger partial charge >= 0.3 is 5.97 Å². The maximum Gasteiger partial charge on any atom is 0.358 e. The summed E-state index contributed by atoms with van der Waals surface area (Å²) in [5, 5.41) is 0. The van der Waals surface area contributed by atoms with E-state index in [1.807, 2.05) is 0 Å². The van der Waals surface area contributed by atoms with Crippen molar-refractivity contribution in [1.82, 2.24) is 9.55 Å². The molecule has 0 unspecified atom stereocenters. The molecule has 100 valence electrons. The van der Waals surface area contributed by atoms with Crippen LogP contribution < -0.4 is 5.73 Å². The molecular weight excluding hydrogens is 249 g/mol. The second-order valence-electron chi connectivity index (χ2n) is 3.95. The highest BCUT2D eigenvalue weighted by Crippen LogP contribution is 2.09. The molecule has 1 heterocycles. The predicted molar refractivity (Wildman–Crippen MR) is 66.8 cm³/mol. The number of carbonyl (C=O) groups excluding carboxylic acids is 1. The Morgan fingerprint density at radius 2 is 2.21 bits per heavy atom. The summed E-state index contributed by atoms with van der Waals surface area (Å²) < 4.78 is 20.0. The van der Waals surface area contributed by atoms with Crippen LogP contribution in [0.2, 0.25) is 0 Å². The lowest BCUT2D eigenvalue weighted by Crippen LogP contribution is -2.09. The molecular formula is C13H14FN3O2. The first-order chi connectivity index (χ1) is 9.20. The van der Waals surface area contributed by atoms with E-state index in [4.69, 9.17) is 10.5 Å². The van der Waals surface area contributed by atoms with E-state index in [1.165, 1.54) is 12.4 Å². The molecule has 2 aromatic rings. The van der Waals surface area contributed by atoms with Gasteiger partial charge in [0.25, 0.3) is 0 Å². The lowest BCUT2D eigenvalue weighted by molar-refractivity contribution is 0.0462. The van der Waals surface area contributed by atoms with Gasteiger partial charge in [0.05, 0.1) is 6.33 Å². The summed E-state index contributed by atoms with van der Waals surface area (Å²) in [6, 6.07) is 6.14. The van der Waals surface area contributed by atoms with Gasteiger partial charge in [-0.25, -0.2) is 14.2 Å². The molecule has 5 nitrogen and oxygen atoms in total. The molecule has 0 aliphatic carbocycles. The second kappa shape index (κ2) is 6.10. The molecule has 0 saturated carbocycles. The number of esters is 1.